The van der Waals surface area contributed by atoms with E-state index in [1.54, 1.807) is 41.8 Å². The van der Waals surface area contributed by atoms with Crippen molar-refractivity contribution in [1.82, 2.24) is 14.8 Å². The number of hydrogen-bond donors (Lipinski definition) is 3. The second-order valence-electron chi connectivity index (χ2n) is 8.51. The molecule has 4 rings (SSSR count). The molecular weight excluding hydrogens is 516 g/mol. The van der Waals surface area contributed by atoms with E-state index in [4.69, 9.17) is 10.5 Å². The minimum absolute atomic E-state index is 0.0675. The fraction of sp³-hybridized carbons (Fsp3) is 0.192. The summed E-state index contributed by atoms with van der Waals surface area (Å²) in [7, 11) is 1.53. The summed E-state index contributed by atoms with van der Waals surface area (Å²) in [5.41, 5.74) is 6.25. The summed E-state index contributed by atoms with van der Waals surface area (Å²) in [6.07, 6.45) is 0. The van der Waals surface area contributed by atoms with Crippen LogP contribution in [-0.4, -0.2) is 40.6 Å². The van der Waals surface area contributed by atoms with Gasteiger partial charge in [-0.3, -0.25) is 4.79 Å². The third-order valence-corrected chi connectivity index (χ3v) is 6.69. The van der Waals surface area contributed by atoms with Gasteiger partial charge >= 0.3 is 12.1 Å². The number of hydrogen-bond acceptors (Lipinski definition) is 6. The monoisotopic (exact) mass is 541 g/mol. The number of nitrogens with zero attached hydrogens (tertiary/aromatic N) is 2. The molecule has 4 amide bonds. The van der Waals surface area contributed by atoms with Crippen molar-refractivity contribution in [3.8, 4) is 5.75 Å². The molecule has 0 aliphatic heterocycles. The van der Waals surface area contributed by atoms with Crippen molar-refractivity contribution in [3.63, 3.8) is 0 Å². The van der Waals surface area contributed by atoms with Crippen molar-refractivity contribution >= 4 is 39.3 Å². The standard InChI is InChI=1S/C26H25F2N5O4S/c1-15-9-16(10-21(27)22(15)28)12-32(14-30-19-3-5-20(37-2)6-4-19)26(36)33(25(29)35)13-18-11-17-7-8-38-24(17)31-23(18)34/h3-11,30H,12-14H2,1-2H3,(H2,29,35)(H,31,34). The predicted octanol–water partition coefficient (Wildman–Crippen LogP) is 4.76. The lowest BCUT2D eigenvalue weighted by Gasteiger charge is -2.29. The third kappa shape index (κ3) is 5.92. The number of aromatic amines is 1. The molecule has 0 radical (unpaired) electrons. The number of methoxy groups -OCH3 is 1. The second kappa shape index (κ2) is 11.3. The highest BCUT2D eigenvalue weighted by Gasteiger charge is 2.27. The number of aromatic nitrogens is 1. The molecule has 0 saturated carbocycles. The fourth-order valence-corrected chi connectivity index (χ4v) is 4.63. The molecule has 4 N–H and O–H groups in total. The van der Waals surface area contributed by atoms with E-state index in [-0.39, 0.29) is 30.9 Å². The highest BCUT2D eigenvalue weighted by molar-refractivity contribution is 7.16. The van der Waals surface area contributed by atoms with E-state index in [9.17, 15) is 23.2 Å². The second-order valence-corrected chi connectivity index (χ2v) is 9.42. The van der Waals surface area contributed by atoms with Crippen molar-refractivity contribution in [2.24, 2.45) is 5.73 Å². The largest absolute Gasteiger partial charge is 0.497 e. The molecule has 12 heteroatoms. The van der Waals surface area contributed by atoms with Gasteiger partial charge in [-0.25, -0.2) is 23.3 Å². The van der Waals surface area contributed by atoms with Crippen molar-refractivity contribution in [2.45, 2.75) is 20.0 Å². The summed E-state index contributed by atoms with van der Waals surface area (Å²) in [6.45, 7) is 0.730. The van der Waals surface area contributed by atoms with Gasteiger partial charge in [0.15, 0.2) is 11.6 Å². The summed E-state index contributed by atoms with van der Waals surface area (Å²) >= 11 is 1.35. The number of carbonyl (C=O) groups is 2. The number of nitrogens with two attached hydrogens (primary N) is 1. The first-order chi connectivity index (χ1) is 18.2. The van der Waals surface area contributed by atoms with Crippen LogP contribution in [0, 0.1) is 18.6 Å². The molecule has 2 heterocycles. The first-order valence-corrected chi connectivity index (χ1v) is 12.3. The number of nitrogens with one attached hydrogen (secondary N) is 2. The number of halogens is 2. The minimum Gasteiger partial charge on any atom is -0.497 e. The van der Waals surface area contributed by atoms with Crippen LogP contribution in [0.2, 0.25) is 0 Å². The number of carbonyl (C=O) groups excluding carboxylic acids is 2. The molecule has 2 aromatic heterocycles. The lowest BCUT2D eigenvalue weighted by molar-refractivity contribution is 0.155. The average Bonchev–Trinajstić information content (AvgIpc) is 3.34. The summed E-state index contributed by atoms with van der Waals surface area (Å²) in [4.78, 5) is 43.9. The van der Waals surface area contributed by atoms with Crippen LogP contribution < -0.4 is 21.3 Å². The van der Waals surface area contributed by atoms with Crippen molar-refractivity contribution < 1.29 is 23.1 Å². The Bertz CT molecular complexity index is 1510. The highest BCUT2D eigenvalue weighted by Crippen LogP contribution is 2.20. The third-order valence-electron chi connectivity index (χ3n) is 5.85. The molecule has 2 aromatic carbocycles. The Morgan fingerprint density at radius 3 is 2.50 bits per heavy atom. The van der Waals surface area contributed by atoms with Crippen LogP contribution in [0.15, 0.2) is 58.7 Å². The Morgan fingerprint density at radius 1 is 1.11 bits per heavy atom. The van der Waals surface area contributed by atoms with Gasteiger partial charge in [-0.2, -0.15) is 0 Å². The topological polar surface area (TPSA) is 121 Å². The zero-order valence-corrected chi connectivity index (χ0v) is 21.4. The number of amides is 4. The zero-order valence-electron chi connectivity index (χ0n) is 20.6. The van der Waals surface area contributed by atoms with Crippen LogP contribution in [0.3, 0.4) is 0 Å². The maximum atomic E-state index is 14.1. The summed E-state index contributed by atoms with van der Waals surface area (Å²) in [6, 6.07) is 10.8. The smallest absolute Gasteiger partial charge is 0.330 e. The van der Waals surface area contributed by atoms with Crippen LogP contribution in [0.25, 0.3) is 10.2 Å². The average molecular weight is 542 g/mol. The Balaban J connectivity index is 1.63. The van der Waals surface area contributed by atoms with Crippen molar-refractivity contribution in [2.75, 3.05) is 19.1 Å². The van der Waals surface area contributed by atoms with E-state index < -0.39 is 29.3 Å². The van der Waals surface area contributed by atoms with Crippen LogP contribution in [0.4, 0.5) is 24.1 Å². The first-order valence-electron chi connectivity index (χ1n) is 11.4. The van der Waals surface area contributed by atoms with Crippen LogP contribution in [-0.2, 0) is 13.1 Å². The first kappa shape index (κ1) is 26.6. The lowest BCUT2D eigenvalue weighted by Crippen LogP contribution is -2.49. The van der Waals surface area contributed by atoms with Gasteiger partial charge in [0.25, 0.3) is 5.56 Å². The molecule has 0 unspecified atom stereocenters. The number of primary amides is 1. The summed E-state index contributed by atoms with van der Waals surface area (Å²) < 4.78 is 33.1. The van der Waals surface area contributed by atoms with Gasteiger partial charge in [-0.15, -0.1) is 11.3 Å². The van der Waals surface area contributed by atoms with E-state index >= 15 is 0 Å². The van der Waals surface area contributed by atoms with Gasteiger partial charge in [0.05, 0.1) is 20.3 Å². The maximum absolute atomic E-state index is 14.1. The molecule has 0 aliphatic rings. The molecule has 4 aromatic rings. The number of aryl methyl sites for hydroxylation is 1. The highest BCUT2D eigenvalue weighted by atomic mass is 32.1. The number of fused-ring (bicyclic) bond motifs is 1. The van der Waals surface area contributed by atoms with Gasteiger partial charge in [-0.1, -0.05) is 6.07 Å². The van der Waals surface area contributed by atoms with Crippen molar-refractivity contribution in [3.05, 3.63) is 92.6 Å². The molecule has 0 atom stereocenters. The van der Waals surface area contributed by atoms with Crippen LogP contribution in [0.1, 0.15) is 16.7 Å². The number of urea groups is 2. The Kier molecular flexibility index (Phi) is 7.91. The number of rotatable bonds is 8. The normalized spacial score (nSPS) is 10.8. The van der Waals surface area contributed by atoms with Gasteiger partial charge in [0.1, 0.15) is 10.6 Å². The van der Waals surface area contributed by atoms with Gasteiger partial charge in [0.2, 0.25) is 0 Å². The van der Waals surface area contributed by atoms with E-state index in [0.717, 1.165) is 16.4 Å². The Morgan fingerprint density at radius 2 is 1.84 bits per heavy atom. The van der Waals surface area contributed by atoms with Crippen LogP contribution >= 0.6 is 11.3 Å². The predicted molar refractivity (Wildman–Crippen MR) is 141 cm³/mol. The van der Waals surface area contributed by atoms with E-state index in [2.05, 4.69) is 10.3 Å². The summed E-state index contributed by atoms with van der Waals surface area (Å²) in [5.74, 6) is -1.41. The molecular formula is C26H25F2N5O4S. The number of thiophene rings is 1. The number of imide groups is 1. The summed E-state index contributed by atoms with van der Waals surface area (Å²) in [5, 5.41) is 5.61. The molecule has 198 valence electrons. The fourth-order valence-electron chi connectivity index (χ4n) is 3.87. The molecule has 0 fully saturated rings. The number of anilines is 1. The van der Waals surface area contributed by atoms with Gasteiger partial charge < -0.3 is 25.7 Å². The van der Waals surface area contributed by atoms with E-state index in [1.165, 1.54) is 36.3 Å². The number of benzene rings is 2. The molecule has 0 bridgehead atoms. The quantitative estimate of drug-likeness (QED) is 0.278. The van der Waals surface area contributed by atoms with Gasteiger partial charge in [0, 0.05) is 23.2 Å². The zero-order chi connectivity index (χ0) is 27.4. The lowest BCUT2D eigenvalue weighted by atomic mass is 10.1. The van der Waals surface area contributed by atoms with E-state index in [1.807, 2.05) is 0 Å². The number of ether oxygens (including phenoxy) is 1. The van der Waals surface area contributed by atoms with E-state index in [0.29, 0.717) is 21.8 Å². The number of H-pyrrole nitrogens is 1. The SMILES string of the molecule is COc1ccc(NCN(Cc2cc(C)c(F)c(F)c2)C(=O)N(Cc2cc3ccsc3[nH]c2=O)C(N)=O)cc1. The molecule has 0 saturated heterocycles. The van der Waals surface area contributed by atoms with Crippen molar-refractivity contribution in [1.29, 1.82) is 0 Å². The Labute approximate surface area is 220 Å². The number of pyridine rings is 1. The molecule has 0 spiro atoms. The van der Waals surface area contributed by atoms with Crippen LogP contribution in [0.5, 0.6) is 5.75 Å². The molecule has 38 heavy (non-hydrogen) atoms. The minimum atomic E-state index is -1.07. The maximum Gasteiger partial charge on any atom is 0.330 e. The molecule has 9 nitrogen and oxygen atoms in total. The Hall–Kier alpha value is -4.45. The molecule has 0 aliphatic carbocycles. The van der Waals surface area contributed by atoms with Gasteiger partial charge in [-0.05, 0) is 65.9 Å².